The number of rotatable bonds is 9. The van der Waals surface area contributed by atoms with Crippen molar-refractivity contribution in [2.45, 2.75) is 13.5 Å². The molecule has 3 aromatic carbocycles. The Hall–Kier alpha value is -4.00. The largest absolute Gasteiger partial charge is 0.493 e. The number of hydrogen-bond donors (Lipinski definition) is 1. The van der Waals surface area contributed by atoms with Crippen molar-refractivity contribution in [3.8, 4) is 17.2 Å². The van der Waals surface area contributed by atoms with E-state index >= 15 is 0 Å². The molecular formula is C25H25NO6. The van der Waals surface area contributed by atoms with E-state index in [0.717, 1.165) is 0 Å². The summed E-state index contributed by atoms with van der Waals surface area (Å²) in [6.45, 7) is 2.53. The summed E-state index contributed by atoms with van der Waals surface area (Å²) >= 11 is 0. The van der Waals surface area contributed by atoms with Crippen LogP contribution in [0.25, 0.3) is 0 Å². The highest BCUT2D eigenvalue weighted by Gasteiger charge is 2.16. The fraction of sp³-hybridized carbons (Fsp3) is 0.200. The minimum absolute atomic E-state index is 0.176. The molecule has 0 spiro atoms. The Morgan fingerprint density at radius 2 is 1.56 bits per heavy atom. The standard InChI is InChI=1S/C25H25NO6/c1-4-31-21-14-13-17(15-18(21)16-32-23-12-8-7-11-22(23)29-2)24(27)26-20-10-6-5-9-19(20)25(28)30-3/h5-15H,4,16H2,1-3H3,(H,26,27). The van der Waals surface area contributed by atoms with Gasteiger partial charge in [-0.15, -0.1) is 0 Å². The first-order valence-corrected chi connectivity index (χ1v) is 10.1. The maximum absolute atomic E-state index is 12.9. The Balaban J connectivity index is 1.84. The zero-order chi connectivity index (χ0) is 22.9. The third-order valence-electron chi connectivity index (χ3n) is 4.66. The van der Waals surface area contributed by atoms with Crippen molar-refractivity contribution in [3.63, 3.8) is 0 Å². The fourth-order valence-corrected chi connectivity index (χ4v) is 3.10. The second-order valence-electron chi connectivity index (χ2n) is 6.69. The first-order chi connectivity index (χ1) is 15.6. The Morgan fingerprint density at radius 1 is 0.844 bits per heavy atom. The van der Waals surface area contributed by atoms with Crippen LogP contribution in [0.15, 0.2) is 66.7 Å². The molecule has 7 heteroatoms. The molecule has 0 bridgehead atoms. The number of benzene rings is 3. The summed E-state index contributed by atoms with van der Waals surface area (Å²) in [4.78, 5) is 24.9. The maximum Gasteiger partial charge on any atom is 0.339 e. The number of esters is 1. The minimum atomic E-state index is -0.529. The summed E-state index contributed by atoms with van der Waals surface area (Å²) in [6, 6.07) is 19.1. The van der Waals surface area contributed by atoms with Gasteiger partial charge in [0.15, 0.2) is 11.5 Å². The van der Waals surface area contributed by atoms with Gasteiger partial charge in [0.1, 0.15) is 12.4 Å². The van der Waals surface area contributed by atoms with Crippen LogP contribution >= 0.6 is 0 Å². The number of carbonyl (C=O) groups excluding carboxylic acids is 2. The molecular weight excluding hydrogens is 410 g/mol. The summed E-state index contributed by atoms with van der Waals surface area (Å²) in [6.07, 6.45) is 0. The molecule has 1 N–H and O–H groups in total. The number of carbonyl (C=O) groups is 2. The van der Waals surface area contributed by atoms with Crippen LogP contribution in [0.3, 0.4) is 0 Å². The van der Waals surface area contributed by atoms with Crippen molar-refractivity contribution in [1.82, 2.24) is 0 Å². The summed E-state index contributed by atoms with van der Waals surface area (Å²) < 4.78 is 21.7. The Morgan fingerprint density at radius 3 is 2.28 bits per heavy atom. The third-order valence-corrected chi connectivity index (χ3v) is 4.66. The topological polar surface area (TPSA) is 83.1 Å². The van der Waals surface area contributed by atoms with E-state index < -0.39 is 5.97 Å². The number of hydrogen-bond acceptors (Lipinski definition) is 6. The van der Waals surface area contributed by atoms with Gasteiger partial charge in [-0.2, -0.15) is 0 Å². The molecule has 3 aromatic rings. The molecule has 0 heterocycles. The molecule has 0 radical (unpaired) electrons. The molecule has 0 aliphatic heterocycles. The first-order valence-electron chi connectivity index (χ1n) is 10.1. The summed E-state index contributed by atoms with van der Waals surface area (Å²) in [5, 5.41) is 2.77. The van der Waals surface area contributed by atoms with Gasteiger partial charge < -0.3 is 24.3 Å². The summed E-state index contributed by atoms with van der Waals surface area (Å²) in [7, 11) is 2.87. The Bertz CT molecular complexity index is 1100. The summed E-state index contributed by atoms with van der Waals surface area (Å²) in [5.41, 5.74) is 1.73. The second-order valence-corrected chi connectivity index (χ2v) is 6.69. The van der Waals surface area contributed by atoms with Crippen molar-refractivity contribution in [2.75, 3.05) is 26.1 Å². The molecule has 0 fully saturated rings. The van der Waals surface area contributed by atoms with E-state index in [1.165, 1.54) is 7.11 Å². The molecule has 166 valence electrons. The van der Waals surface area contributed by atoms with Crippen LogP contribution in [0.4, 0.5) is 5.69 Å². The lowest BCUT2D eigenvalue weighted by atomic mass is 10.1. The monoisotopic (exact) mass is 435 g/mol. The number of ether oxygens (including phenoxy) is 4. The highest BCUT2D eigenvalue weighted by molar-refractivity contribution is 6.08. The molecule has 32 heavy (non-hydrogen) atoms. The number of methoxy groups -OCH3 is 2. The highest BCUT2D eigenvalue weighted by atomic mass is 16.5. The smallest absolute Gasteiger partial charge is 0.339 e. The molecule has 0 aromatic heterocycles. The van der Waals surface area contributed by atoms with Crippen LogP contribution in [0.2, 0.25) is 0 Å². The lowest BCUT2D eigenvalue weighted by molar-refractivity contribution is 0.0602. The van der Waals surface area contributed by atoms with Gasteiger partial charge in [0.05, 0.1) is 32.1 Å². The van der Waals surface area contributed by atoms with Crippen LogP contribution in [0.5, 0.6) is 17.2 Å². The van der Waals surface area contributed by atoms with Gasteiger partial charge >= 0.3 is 5.97 Å². The van der Waals surface area contributed by atoms with Crippen LogP contribution in [-0.4, -0.2) is 32.7 Å². The molecule has 0 atom stereocenters. The molecule has 0 saturated carbocycles. The zero-order valence-electron chi connectivity index (χ0n) is 18.2. The van der Waals surface area contributed by atoms with Gasteiger partial charge in [-0.25, -0.2) is 4.79 Å². The first kappa shape index (κ1) is 22.7. The predicted octanol–water partition coefficient (Wildman–Crippen LogP) is 4.71. The summed E-state index contributed by atoms with van der Waals surface area (Å²) in [5.74, 6) is 0.911. The van der Waals surface area contributed by atoms with E-state index in [1.807, 2.05) is 19.1 Å². The predicted molar refractivity (Wildman–Crippen MR) is 121 cm³/mol. The average molecular weight is 435 g/mol. The molecule has 0 unspecified atom stereocenters. The molecule has 0 aliphatic rings. The minimum Gasteiger partial charge on any atom is -0.493 e. The van der Waals surface area contributed by atoms with E-state index in [-0.39, 0.29) is 18.1 Å². The third kappa shape index (κ3) is 5.37. The van der Waals surface area contributed by atoms with Crippen LogP contribution in [0.1, 0.15) is 33.2 Å². The van der Waals surface area contributed by atoms with Crippen LogP contribution in [-0.2, 0) is 11.3 Å². The Labute approximate surface area is 186 Å². The quantitative estimate of drug-likeness (QED) is 0.490. The maximum atomic E-state index is 12.9. The van der Waals surface area contributed by atoms with Gasteiger partial charge in [-0.05, 0) is 49.4 Å². The molecule has 1 amide bonds. The van der Waals surface area contributed by atoms with Gasteiger partial charge in [0.25, 0.3) is 5.91 Å². The van der Waals surface area contributed by atoms with Gasteiger partial charge in [0, 0.05) is 11.1 Å². The molecule has 3 rings (SSSR count). The lowest BCUT2D eigenvalue weighted by Gasteiger charge is -2.15. The van der Waals surface area contributed by atoms with Crippen LogP contribution < -0.4 is 19.5 Å². The van der Waals surface area contributed by atoms with Gasteiger partial charge in [-0.3, -0.25) is 4.79 Å². The van der Waals surface area contributed by atoms with Crippen molar-refractivity contribution >= 4 is 17.6 Å². The number of anilines is 1. The normalized spacial score (nSPS) is 10.2. The Kier molecular flexibility index (Phi) is 7.70. The second kappa shape index (κ2) is 10.9. The van der Waals surface area contributed by atoms with E-state index in [4.69, 9.17) is 18.9 Å². The number of para-hydroxylation sites is 3. The van der Waals surface area contributed by atoms with Crippen molar-refractivity contribution < 1.29 is 28.5 Å². The SMILES string of the molecule is CCOc1ccc(C(=O)Nc2ccccc2C(=O)OC)cc1COc1ccccc1OC. The fourth-order valence-electron chi connectivity index (χ4n) is 3.10. The molecule has 7 nitrogen and oxygen atoms in total. The van der Waals surface area contributed by atoms with E-state index in [2.05, 4.69) is 5.32 Å². The van der Waals surface area contributed by atoms with Crippen molar-refractivity contribution in [2.24, 2.45) is 0 Å². The number of nitrogens with one attached hydrogen (secondary N) is 1. The van der Waals surface area contributed by atoms with Crippen LogP contribution in [0, 0.1) is 0 Å². The molecule has 0 aliphatic carbocycles. The van der Waals surface area contributed by atoms with Crippen molar-refractivity contribution in [1.29, 1.82) is 0 Å². The van der Waals surface area contributed by atoms with E-state index in [9.17, 15) is 9.59 Å². The lowest BCUT2D eigenvalue weighted by Crippen LogP contribution is -2.16. The van der Waals surface area contributed by atoms with Gasteiger partial charge in [-0.1, -0.05) is 24.3 Å². The molecule has 0 saturated heterocycles. The van der Waals surface area contributed by atoms with E-state index in [1.54, 1.807) is 61.7 Å². The highest BCUT2D eigenvalue weighted by Crippen LogP contribution is 2.29. The zero-order valence-corrected chi connectivity index (χ0v) is 18.2. The number of amides is 1. The van der Waals surface area contributed by atoms with Crippen molar-refractivity contribution in [3.05, 3.63) is 83.4 Å². The van der Waals surface area contributed by atoms with E-state index in [0.29, 0.717) is 40.7 Å². The average Bonchev–Trinajstić information content (AvgIpc) is 2.83. The van der Waals surface area contributed by atoms with Gasteiger partial charge in [0.2, 0.25) is 0 Å².